The monoisotopic (exact) mass is 1170 g/mol. The van der Waals surface area contributed by atoms with Gasteiger partial charge < -0.3 is 54.0 Å². The molecule has 0 aliphatic carbocycles. The Kier molecular flexibility index (Phi) is 17.7. The molecule has 0 amide bonds. The molecule has 0 bridgehead atoms. The molecule has 0 aromatic heterocycles. The van der Waals surface area contributed by atoms with Crippen LogP contribution in [0.4, 0.5) is 0 Å². The van der Waals surface area contributed by atoms with Gasteiger partial charge in [0.25, 0.3) is 12.6 Å². The molecule has 0 saturated carbocycles. The Hall–Kier alpha value is -8.16. The minimum Gasteiger partial charge on any atom is -0.508 e. The van der Waals surface area contributed by atoms with Crippen molar-refractivity contribution in [2.45, 2.75) is 83.9 Å². The highest BCUT2D eigenvalue weighted by Crippen LogP contribution is 2.31. The summed E-state index contributed by atoms with van der Waals surface area (Å²) in [4.78, 5) is -0.341. The minimum absolute atomic E-state index is 0.0166. The average Bonchev–Trinajstić information content (AvgIpc) is 3.46. The van der Waals surface area contributed by atoms with E-state index in [9.17, 15) is 59.2 Å². The number of ether oxygens (including phenoxy) is 6. The Labute approximate surface area is 461 Å². The summed E-state index contributed by atoms with van der Waals surface area (Å²) < 4.78 is 141. The lowest BCUT2D eigenvalue weighted by Crippen LogP contribution is -2.35. The van der Waals surface area contributed by atoms with Gasteiger partial charge in [0, 0.05) is 0 Å². The number of sulfone groups is 4. The number of aliphatic hydroxyl groups excluding tert-OH is 3. The number of hydrogen-bond donors (Lipinski definition) is 5. The third kappa shape index (κ3) is 14.0. The summed E-state index contributed by atoms with van der Waals surface area (Å²) in [5.74, 6) is 1.03. The predicted molar refractivity (Wildman–Crippen MR) is 287 cm³/mol. The maximum Gasteiger partial charge on any atom is 0.266 e. The highest BCUT2D eigenvalue weighted by Gasteiger charge is 2.26. The van der Waals surface area contributed by atoms with Gasteiger partial charge >= 0.3 is 0 Å². The van der Waals surface area contributed by atoms with Gasteiger partial charge in [-0.2, -0.15) is 0 Å². The smallest absolute Gasteiger partial charge is 0.266 e. The van der Waals surface area contributed by atoms with Crippen LogP contribution in [0, 0.1) is 0 Å². The second kappa shape index (κ2) is 24.5. The van der Waals surface area contributed by atoms with Gasteiger partial charge in [-0.3, -0.25) is 0 Å². The molecule has 5 N–H and O–H groups in total. The predicted octanol–water partition coefficient (Wildman–Crippen LogP) is 7.58. The Balaban J connectivity index is 0.784. The largest absolute Gasteiger partial charge is 0.508 e. The molecule has 0 spiro atoms. The van der Waals surface area contributed by atoms with Crippen LogP contribution in [0.25, 0.3) is 0 Å². The zero-order valence-electron chi connectivity index (χ0n) is 42.4. The average molecular weight is 1170 g/mol. The second-order valence-electron chi connectivity index (χ2n) is 17.8. The molecule has 4 atom stereocenters. The quantitative estimate of drug-likeness (QED) is 0.0364. The molecule has 19 nitrogen and oxygen atoms in total. The van der Waals surface area contributed by atoms with E-state index in [-0.39, 0.29) is 98.4 Å². The van der Waals surface area contributed by atoms with Crippen LogP contribution in [0.2, 0.25) is 0 Å². The van der Waals surface area contributed by atoms with Crippen LogP contribution in [0.1, 0.15) is 13.8 Å². The maximum absolute atomic E-state index is 13.5. The van der Waals surface area contributed by atoms with E-state index in [1.165, 1.54) is 208 Å². The van der Waals surface area contributed by atoms with Gasteiger partial charge in [0.2, 0.25) is 39.3 Å². The molecule has 8 rings (SSSR count). The number of phenols is 2. The van der Waals surface area contributed by atoms with E-state index in [1.807, 2.05) is 0 Å². The van der Waals surface area contributed by atoms with E-state index in [1.54, 1.807) is 0 Å². The summed E-state index contributed by atoms with van der Waals surface area (Å²) in [6, 6.07) is 42.8. The standard InChI is InChI=1S/C57H52O19S4/c1-37(58)56(73-44-11-27-52(28-12-44)77(63,64)48-19-3-39(60)4-20-48)75-46-15-31-54(32-16-46)79(67,68)50-23-7-42(8-24-50)71-35-41(62)36-72-43-9-25-51(26-10-43)80(69,70)55-33-17-47(18-34-55)76-57(38(2)59)74-45-13-29-53(30-14-45)78(65,66)49-21-5-40(61)6-22-49/h3-34,37-38,41,56-62H,35-36H2,1-2H3. The Morgan fingerprint density at radius 1 is 0.300 bits per heavy atom. The molecule has 0 fully saturated rings. The van der Waals surface area contributed by atoms with Crippen LogP contribution in [-0.4, -0.2) is 103 Å². The number of hydrogen-bond acceptors (Lipinski definition) is 19. The highest BCUT2D eigenvalue weighted by atomic mass is 32.2. The molecule has 0 heterocycles. The molecular formula is C57H52O19S4. The summed E-state index contributed by atoms with van der Waals surface area (Å²) >= 11 is 0. The lowest BCUT2D eigenvalue weighted by molar-refractivity contribution is -0.0778. The fourth-order valence-corrected chi connectivity index (χ4v) is 12.5. The first kappa shape index (κ1) is 58.0. The Bertz CT molecular complexity index is 3570. The van der Waals surface area contributed by atoms with Gasteiger partial charge in [0.1, 0.15) is 77.5 Å². The lowest BCUT2D eigenvalue weighted by atomic mass is 10.3. The van der Waals surface area contributed by atoms with Crippen LogP contribution < -0.4 is 28.4 Å². The van der Waals surface area contributed by atoms with Gasteiger partial charge in [-0.1, -0.05) is 0 Å². The third-order valence-electron chi connectivity index (χ3n) is 11.8. The molecule has 0 aliphatic rings. The Morgan fingerprint density at radius 2 is 0.475 bits per heavy atom. The fraction of sp³-hybridized carbons (Fsp3) is 0.158. The van der Waals surface area contributed by atoms with Crippen LogP contribution in [0.15, 0.2) is 233 Å². The number of aliphatic hydroxyl groups is 3. The van der Waals surface area contributed by atoms with Gasteiger partial charge in [-0.25, -0.2) is 33.7 Å². The number of benzene rings is 8. The van der Waals surface area contributed by atoms with Crippen molar-refractivity contribution in [3.8, 4) is 46.0 Å². The summed E-state index contributed by atoms with van der Waals surface area (Å²) in [7, 11) is -15.8. The SMILES string of the molecule is CC(O)C(Oc1ccc(S(=O)(=O)c2ccc(O)cc2)cc1)Oc1ccc(S(=O)(=O)c2ccc(OCC(O)COc3ccc(S(=O)(=O)c4ccc(OC(Oc5ccc(S(=O)(=O)c6ccc(O)cc6)cc5)C(C)O)cc4)cc3)cc2)cc1. The summed E-state index contributed by atoms with van der Waals surface area (Å²) in [5, 5.41) is 50.4. The zero-order valence-corrected chi connectivity index (χ0v) is 45.6. The number of phenolic OH excluding ortho intramolecular Hbond substituents is 2. The van der Waals surface area contributed by atoms with Crippen LogP contribution in [0.5, 0.6) is 46.0 Å². The first-order valence-corrected chi connectivity index (χ1v) is 30.1. The molecule has 80 heavy (non-hydrogen) atoms. The van der Waals surface area contributed by atoms with E-state index in [4.69, 9.17) is 28.4 Å². The molecular weight excluding hydrogens is 1120 g/mol. The van der Waals surface area contributed by atoms with E-state index >= 15 is 0 Å². The number of rotatable bonds is 24. The fourth-order valence-electron chi connectivity index (χ4n) is 7.43. The lowest BCUT2D eigenvalue weighted by Gasteiger charge is -2.23. The van der Waals surface area contributed by atoms with Crippen molar-refractivity contribution in [2.24, 2.45) is 0 Å². The first-order valence-electron chi connectivity index (χ1n) is 24.1. The van der Waals surface area contributed by atoms with Crippen molar-refractivity contribution < 1.29 is 87.6 Å². The highest BCUT2D eigenvalue weighted by molar-refractivity contribution is 7.92. The molecule has 23 heteroatoms. The van der Waals surface area contributed by atoms with Crippen molar-refractivity contribution in [2.75, 3.05) is 13.2 Å². The summed E-state index contributed by atoms with van der Waals surface area (Å²) in [6.07, 6.45) is -6.04. The molecule has 0 radical (unpaired) electrons. The maximum atomic E-state index is 13.5. The first-order chi connectivity index (χ1) is 38.0. The molecule has 4 unspecified atom stereocenters. The molecule has 0 saturated heterocycles. The molecule has 8 aromatic carbocycles. The zero-order chi connectivity index (χ0) is 57.4. The van der Waals surface area contributed by atoms with Gasteiger partial charge in [0.15, 0.2) is 0 Å². The molecule has 8 aromatic rings. The number of aromatic hydroxyl groups is 2. The van der Waals surface area contributed by atoms with E-state index in [0.29, 0.717) is 0 Å². The Morgan fingerprint density at radius 3 is 0.662 bits per heavy atom. The normalized spacial score (nSPS) is 13.9. The van der Waals surface area contributed by atoms with Crippen molar-refractivity contribution in [3.63, 3.8) is 0 Å². The van der Waals surface area contributed by atoms with Crippen molar-refractivity contribution in [1.82, 2.24) is 0 Å². The van der Waals surface area contributed by atoms with Gasteiger partial charge in [0.05, 0.1) is 39.2 Å². The molecule has 0 aliphatic heterocycles. The van der Waals surface area contributed by atoms with E-state index in [2.05, 4.69) is 0 Å². The van der Waals surface area contributed by atoms with Gasteiger partial charge in [-0.05, 0) is 208 Å². The van der Waals surface area contributed by atoms with Crippen LogP contribution in [-0.2, 0) is 39.3 Å². The summed E-state index contributed by atoms with van der Waals surface area (Å²) in [6.45, 7) is 2.36. The van der Waals surface area contributed by atoms with Crippen molar-refractivity contribution in [1.29, 1.82) is 0 Å². The summed E-state index contributed by atoms with van der Waals surface area (Å²) in [5.41, 5.74) is 0. The van der Waals surface area contributed by atoms with Crippen LogP contribution >= 0.6 is 0 Å². The third-order valence-corrected chi connectivity index (χ3v) is 18.9. The van der Waals surface area contributed by atoms with Crippen molar-refractivity contribution >= 4 is 39.3 Å². The van der Waals surface area contributed by atoms with E-state index < -0.39 is 70.2 Å². The molecule has 418 valence electrons. The van der Waals surface area contributed by atoms with Crippen molar-refractivity contribution in [3.05, 3.63) is 194 Å². The van der Waals surface area contributed by atoms with E-state index in [0.717, 1.165) is 0 Å². The van der Waals surface area contributed by atoms with Gasteiger partial charge in [-0.15, -0.1) is 0 Å². The second-order valence-corrected chi connectivity index (χ2v) is 25.6. The topological polar surface area (TPSA) is 293 Å². The van der Waals surface area contributed by atoms with Crippen LogP contribution in [0.3, 0.4) is 0 Å². The minimum atomic E-state index is -4.02.